The van der Waals surface area contributed by atoms with Gasteiger partial charge in [-0.3, -0.25) is 5.32 Å². The fourth-order valence-electron chi connectivity index (χ4n) is 1.43. The number of benzene rings is 1. The van der Waals surface area contributed by atoms with Gasteiger partial charge in [-0.2, -0.15) is 0 Å². The Bertz CT molecular complexity index is 323. The molecule has 1 aliphatic heterocycles. The first kappa shape index (κ1) is 13.5. The van der Waals surface area contributed by atoms with Crippen molar-refractivity contribution in [3.05, 3.63) is 30.3 Å². The minimum Gasteiger partial charge on any atom is -0.465 e. The molecule has 0 spiro atoms. The SMILES string of the molecule is O=C(O)Nc1ccccc1.OCC1CCCO1. The van der Waals surface area contributed by atoms with Crippen LogP contribution in [0, 0.1) is 0 Å². The third-order valence-electron chi connectivity index (χ3n) is 2.25. The number of nitrogens with one attached hydrogen (secondary N) is 1. The van der Waals surface area contributed by atoms with Crippen LogP contribution in [0.5, 0.6) is 0 Å². The summed E-state index contributed by atoms with van der Waals surface area (Å²) in [6.45, 7) is 1.03. The van der Waals surface area contributed by atoms with Gasteiger partial charge in [0.25, 0.3) is 0 Å². The van der Waals surface area contributed by atoms with Gasteiger partial charge < -0.3 is 14.9 Å². The first-order valence-electron chi connectivity index (χ1n) is 5.50. The highest BCUT2D eigenvalue weighted by molar-refractivity contribution is 5.82. The van der Waals surface area contributed by atoms with E-state index in [1.807, 2.05) is 6.07 Å². The van der Waals surface area contributed by atoms with E-state index >= 15 is 0 Å². The molecule has 1 aromatic rings. The predicted octanol–water partition coefficient (Wildman–Crippen LogP) is 1.93. The molecule has 1 aromatic carbocycles. The number of para-hydroxylation sites is 1. The maximum Gasteiger partial charge on any atom is 0.409 e. The summed E-state index contributed by atoms with van der Waals surface area (Å²) in [5.41, 5.74) is 0.593. The number of aliphatic hydroxyl groups excluding tert-OH is 1. The Morgan fingerprint density at radius 2 is 2.12 bits per heavy atom. The summed E-state index contributed by atoms with van der Waals surface area (Å²) in [5.74, 6) is 0. The quantitative estimate of drug-likeness (QED) is 0.736. The van der Waals surface area contributed by atoms with Gasteiger partial charge in [-0.25, -0.2) is 4.79 Å². The molecule has 1 unspecified atom stereocenters. The Morgan fingerprint density at radius 1 is 1.41 bits per heavy atom. The molecule has 5 heteroatoms. The van der Waals surface area contributed by atoms with Crippen LogP contribution in [0.3, 0.4) is 0 Å². The van der Waals surface area contributed by atoms with Gasteiger partial charge in [-0.05, 0) is 25.0 Å². The molecule has 0 aliphatic carbocycles. The third-order valence-corrected chi connectivity index (χ3v) is 2.25. The van der Waals surface area contributed by atoms with Crippen LogP contribution < -0.4 is 5.32 Å². The van der Waals surface area contributed by atoms with E-state index in [1.165, 1.54) is 0 Å². The van der Waals surface area contributed by atoms with Gasteiger partial charge in [0.05, 0.1) is 12.7 Å². The van der Waals surface area contributed by atoms with Gasteiger partial charge in [0.1, 0.15) is 0 Å². The van der Waals surface area contributed by atoms with Crippen molar-refractivity contribution in [2.75, 3.05) is 18.5 Å². The van der Waals surface area contributed by atoms with E-state index in [1.54, 1.807) is 24.3 Å². The molecule has 5 nitrogen and oxygen atoms in total. The van der Waals surface area contributed by atoms with Crippen LogP contribution >= 0.6 is 0 Å². The first-order valence-corrected chi connectivity index (χ1v) is 5.50. The molecule has 1 saturated heterocycles. The Kier molecular flexibility index (Phi) is 6.06. The second kappa shape index (κ2) is 7.65. The molecule has 1 aliphatic rings. The Balaban J connectivity index is 0.000000181. The topological polar surface area (TPSA) is 78.8 Å². The fraction of sp³-hybridized carbons (Fsp3) is 0.417. The summed E-state index contributed by atoms with van der Waals surface area (Å²) >= 11 is 0. The number of hydrogen-bond acceptors (Lipinski definition) is 3. The summed E-state index contributed by atoms with van der Waals surface area (Å²) < 4.78 is 5.05. The molecule has 1 heterocycles. The lowest BCUT2D eigenvalue weighted by Crippen LogP contribution is -2.09. The average molecular weight is 239 g/mol. The van der Waals surface area contributed by atoms with Crippen LogP contribution in [0.25, 0.3) is 0 Å². The van der Waals surface area contributed by atoms with Crippen molar-refractivity contribution in [1.82, 2.24) is 0 Å². The smallest absolute Gasteiger partial charge is 0.409 e. The van der Waals surface area contributed by atoms with Crippen molar-refractivity contribution in [2.24, 2.45) is 0 Å². The Morgan fingerprint density at radius 3 is 2.53 bits per heavy atom. The van der Waals surface area contributed by atoms with Crippen LogP contribution in [-0.2, 0) is 4.74 Å². The average Bonchev–Trinajstić information content (AvgIpc) is 2.83. The van der Waals surface area contributed by atoms with Gasteiger partial charge in [-0.1, -0.05) is 18.2 Å². The molecule has 0 radical (unpaired) electrons. The highest BCUT2D eigenvalue weighted by Gasteiger charge is 2.12. The van der Waals surface area contributed by atoms with E-state index in [2.05, 4.69) is 5.32 Å². The molecule has 1 atom stereocenters. The fourth-order valence-corrected chi connectivity index (χ4v) is 1.43. The van der Waals surface area contributed by atoms with Gasteiger partial charge in [0, 0.05) is 12.3 Å². The zero-order valence-electron chi connectivity index (χ0n) is 9.50. The zero-order chi connectivity index (χ0) is 12.5. The van der Waals surface area contributed by atoms with E-state index in [9.17, 15) is 4.79 Å². The Hall–Kier alpha value is -1.59. The number of anilines is 1. The monoisotopic (exact) mass is 239 g/mol. The van der Waals surface area contributed by atoms with Crippen molar-refractivity contribution in [2.45, 2.75) is 18.9 Å². The maximum atomic E-state index is 10.1. The second-order valence-electron chi connectivity index (χ2n) is 3.61. The van der Waals surface area contributed by atoms with E-state index in [0.717, 1.165) is 19.4 Å². The van der Waals surface area contributed by atoms with Crippen LogP contribution in [-0.4, -0.2) is 35.6 Å². The lowest BCUT2D eigenvalue weighted by molar-refractivity contribution is 0.0591. The summed E-state index contributed by atoms with van der Waals surface area (Å²) in [6, 6.07) is 8.74. The minimum absolute atomic E-state index is 0.153. The number of ether oxygens (including phenoxy) is 1. The summed E-state index contributed by atoms with van der Waals surface area (Å²) in [6.07, 6.45) is 1.27. The maximum absolute atomic E-state index is 10.1. The molecule has 0 saturated carbocycles. The molecule has 94 valence electrons. The summed E-state index contributed by atoms with van der Waals surface area (Å²) in [5, 5.41) is 18.9. The van der Waals surface area contributed by atoms with E-state index in [-0.39, 0.29) is 12.7 Å². The molecule has 1 amide bonds. The molecular weight excluding hydrogens is 222 g/mol. The van der Waals surface area contributed by atoms with Crippen LogP contribution in [0.1, 0.15) is 12.8 Å². The van der Waals surface area contributed by atoms with Crippen LogP contribution in [0.2, 0.25) is 0 Å². The van der Waals surface area contributed by atoms with E-state index in [0.29, 0.717) is 5.69 Å². The highest BCUT2D eigenvalue weighted by atomic mass is 16.5. The summed E-state index contributed by atoms with van der Waals surface area (Å²) in [7, 11) is 0. The van der Waals surface area contributed by atoms with Crippen LogP contribution in [0.4, 0.5) is 10.5 Å². The summed E-state index contributed by atoms with van der Waals surface area (Å²) in [4.78, 5) is 10.1. The van der Waals surface area contributed by atoms with Gasteiger partial charge in [0.2, 0.25) is 0 Å². The zero-order valence-corrected chi connectivity index (χ0v) is 9.50. The highest BCUT2D eigenvalue weighted by Crippen LogP contribution is 2.09. The number of carbonyl (C=O) groups is 1. The van der Waals surface area contributed by atoms with Crippen molar-refractivity contribution in [1.29, 1.82) is 0 Å². The number of carboxylic acid groups (broad SMARTS) is 1. The minimum atomic E-state index is -1.04. The number of amides is 1. The molecular formula is C12H17NO4. The second-order valence-corrected chi connectivity index (χ2v) is 3.61. The van der Waals surface area contributed by atoms with Crippen molar-refractivity contribution in [3.8, 4) is 0 Å². The van der Waals surface area contributed by atoms with E-state index in [4.69, 9.17) is 14.9 Å². The van der Waals surface area contributed by atoms with Crippen molar-refractivity contribution >= 4 is 11.8 Å². The molecule has 3 N–H and O–H groups in total. The standard InChI is InChI=1S/C7H7NO2.C5H10O2/c9-7(10)8-6-4-2-1-3-5-6;6-4-5-2-1-3-7-5/h1-5,8H,(H,9,10);5-6H,1-4H2. The number of rotatable bonds is 2. The first-order chi connectivity index (χ1) is 8.22. The molecule has 0 bridgehead atoms. The molecule has 0 aromatic heterocycles. The van der Waals surface area contributed by atoms with Crippen molar-refractivity contribution < 1.29 is 19.7 Å². The molecule has 2 rings (SSSR count). The normalized spacial score (nSPS) is 18.1. The van der Waals surface area contributed by atoms with Crippen LogP contribution in [0.15, 0.2) is 30.3 Å². The lowest BCUT2D eigenvalue weighted by Gasteiger charge is -2.00. The molecule has 1 fully saturated rings. The largest absolute Gasteiger partial charge is 0.465 e. The lowest BCUT2D eigenvalue weighted by atomic mass is 10.2. The third kappa shape index (κ3) is 5.89. The predicted molar refractivity (Wildman–Crippen MR) is 64.1 cm³/mol. The number of aliphatic hydroxyl groups is 1. The Labute approximate surface area is 100 Å². The molecule has 17 heavy (non-hydrogen) atoms. The van der Waals surface area contributed by atoms with Gasteiger partial charge in [0.15, 0.2) is 0 Å². The van der Waals surface area contributed by atoms with Gasteiger partial charge in [-0.15, -0.1) is 0 Å². The number of hydrogen-bond donors (Lipinski definition) is 3. The van der Waals surface area contributed by atoms with Crippen molar-refractivity contribution in [3.63, 3.8) is 0 Å². The van der Waals surface area contributed by atoms with Gasteiger partial charge >= 0.3 is 6.09 Å². The van der Waals surface area contributed by atoms with E-state index < -0.39 is 6.09 Å².